The fourth-order valence-corrected chi connectivity index (χ4v) is 2.59. The van der Waals surface area contributed by atoms with Crippen molar-refractivity contribution in [3.8, 4) is 5.75 Å². The maximum atomic E-state index is 9.37. The molecule has 0 heterocycles. The van der Waals surface area contributed by atoms with E-state index in [1.54, 1.807) is 12.1 Å². The molecule has 0 spiro atoms. The van der Waals surface area contributed by atoms with Crippen molar-refractivity contribution in [3.05, 3.63) is 70.8 Å². The van der Waals surface area contributed by atoms with Crippen LogP contribution in [-0.4, -0.2) is 5.11 Å². The lowest BCUT2D eigenvalue weighted by Gasteiger charge is -2.18. The fraction of sp³-hybridized carbons (Fsp3) is 0.176. The van der Waals surface area contributed by atoms with Gasteiger partial charge in [-0.2, -0.15) is 0 Å². The highest BCUT2D eigenvalue weighted by atomic mass is 16.3. The lowest BCUT2D eigenvalue weighted by Crippen LogP contribution is -2.01. The lowest BCUT2D eigenvalue weighted by atomic mass is 9.86. The van der Waals surface area contributed by atoms with E-state index in [4.69, 9.17) is 0 Å². The molecule has 3 rings (SSSR count). The van der Waals surface area contributed by atoms with E-state index in [-0.39, 0.29) is 0 Å². The highest BCUT2D eigenvalue weighted by molar-refractivity contribution is 5.82. The predicted octanol–water partition coefficient (Wildman–Crippen LogP) is 4.08. The lowest BCUT2D eigenvalue weighted by molar-refractivity contribution is 0.475. The summed E-state index contributed by atoms with van der Waals surface area (Å²) in [7, 11) is 0. The van der Waals surface area contributed by atoms with Crippen molar-refractivity contribution in [2.45, 2.75) is 19.8 Å². The van der Waals surface area contributed by atoms with Crippen molar-refractivity contribution < 1.29 is 5.11 Å². The number of rotatable bonds is 1. The van der Waals surface area contributed by atoms with Gasteiger partial charge in [-0.15, -0.1) is 0 Å². The molecule has 90 valence electrons. The van der Waals surface area contributed by atoms with Crippen LogP contribution in [0.4, 0.5) is 0 Å². The molecule has 0 saturated heterocycles. The number of aromatic hydroxyl groups is 1. The van der Waals surface area contributed by atoms with E-state index < -0.39 is 0 Å². The van der Waals surface area contributed by atoms with Gasteiger partial charge >= 0.3 is 0 Å². The van der Waals surface area contributed by atoms with E-state index in [2.05, 4.69) is 31.2 Å². The summed E-state index contributed by atoms with van der Waals surface area (Å²) in [6.45, 7) is 2.14. The van der Waals surface area contributed by atoms with Crippen LogP contribution in [0.15, 0.2) is 48.5 Å². The molecule has 0 fully saturated rings. The number of hydrogen-bond acceptors (Lipinski definition) is 1. The number of fused-ring (bicyclic) bond motifs is 1. The van der Waals surface area contributed by atoms with Crippen LogP contribution in [-0.2, 0) is 6.42 Å². The molecular weight excluding hydrogens is 220 g/mol. The zero-order chi connectivity index (χ0) is 12.5. The van der Waals surface area contributed by atoms with Crippen molar-refractivity contribution in [2.75, 3.05) is 0 Å². The summed E-state index contributed by atoms with van der Waals surface area (Å²) >= 11 is 0. The number of phenols is 1. The monoisotopic (exact) mass is 236 g/mol. The summed E-state index contributed by atoms with van der Waals surface area (Å²) in [5.41, 5.74) is 6.55. The van der Waals surface area contributed by atoms with Gasteiger partial charge in [-0.25, -0.2) is 0 Å². The molecule has 0 atom stereocenters. The quantitative estimate of drug-likeness (QED) is 0.791. The minimum atomic E-state index is 0.319. The molecule has 1 aliphatic rings. The van der Waals surface area contributed by atoms with Gasteiger partial charge in [0.15, 0.2) is 0 Å². The third-order valence-corrected chi connectivity index (χ3v) is 3.49. The van der Waals surface area contributed by atoms with E-state index in [1.165, 1.54) is 27.8 Å². The van der Waals surface area contributed by atoms with Crippen LogP contribution < -0.4 is 0 Å². The highest BCUT2D eigenvalue weighted by Crippen LogP contribution is 2.32. The van der Waals surface area contributed by atoms with E-state index in [0.29, 0.717) is 5.75 Å². The predicted molar refractivity (Wildman–Crippen MR) is 74.7 cm³/mol. The van der Waals surface area contributed by atoms with Crippen molar-refractivity contribution >= 4 is 5.57 Å². The molecule has 0 aliphatic heterocycles. The van der Waals surface area contributed by atoms with Crippen molar-refractivity contribution in [2.24, 2.45) is 0 Å². The largest absolute Gasteiger partial charge is 0.508 e. The number of phenolic OH excluding ortho intramolecular Hbond substituents is 1. The van der Waals surface area contributed by atoms with Gasteiger partial charge in [-0.05, 0) is 54.2 Å². The van der Waals surface area contributed by atoms with Crippen LogP contribution in [0, 0.1) is 6.92 Å². The average Bonchev–Trinajstić information content (AvgIpc) is 2.38. The Labute approximate surface area is 107 Å². The van der Waals surface area contributed by atoms with E-state index >= 15 is 0 Å². The second kappa shape index (κ2) is 4.34. The Morgan fingerprint density at radius 3 is 2.56 bits per heavy atom. The third kappa shape index (κ3) is 1.92. The first-order valence-electron chi connectivity index (χ1n) is 6.33. The first-order valence-corrected chi connectivity index (χ1v) is 6.33. The number of benzene rings is 2. The number of hydrogen-bond donors (Lipinski definition) is 1. The fourth-order valence-electron chi connectivity index (χ4n) is 2.59. The van der Waals surface area contributed by atoms with Crippen LogP contribution in [0.2, 0.25) is 0 Å². The van der Waals surface area contributed by atoms with Crippen molar-refractivity contribution in [3.63, 3.8) is 0 Å². The third-order valence-electron chi connectivity index (χ3n) is 3.49. The molecule has 0 amide bonds. The SMILES string of the molecule is Cc1ccc2c(c1)CCC=C2c1ccc(O)cc1. The van der Waals surface area contributed by atoms with Gasteiger partial charge in [0, 0.05) is 0 Å². The Kier molecular flexibility index (Phi) is 2.67. The van der Waals surface area contributed by atoms with Gasteiger partial charge < -0.3 is 5.11 Å². The van der Waals surface area contributed by atoms with Crippen molar-refractivity contribution in [1.29, 1.82) is 0 Å². The van der Waals surface area contributed by atoms with Gasteiger partial charge in [-0.3, -0.25) is 0 Å². The van der Waals surface area contributed by atoms with Crippen molar-refractivity contribution in [1.82, 2.24) is 0 Å². The number of aryl methyl sites for hydroxylation is 2. The second-order valence-electron chi connectivity index (χ2n) is 4.86. The first-order chi connectivity index (χ1) is 8.74. The smallest absolute Gasteiger partial charge is 0.115 e. The summed E-state index contributed by atoms with van der Waals surface area (Å²) in [6.07, 6.45) is 4.51. The Bertz CT molecular complexity index is 606. The minimum absolute atomic E-state index is 0.319. The molecular formula is C17H16O. The molecule has 0 bridgehead atoms. The summed E-state index contributed by atoms with van der Waals surface area (Å²) in [5, 5.41) is 9.37. The van der Waals surface area contributed by atoms with Crippen LogP contribution in [0.25, 0.3) is 5.57 Å². The van der Waals surface area contributed by atoms with Crippen LogP contribution in [0.3, 0.4) is 0 Å². The van der Waals surface area contributed by atoms with Gasteiger partial charge in [0.1, 0.15) is 5.75 Å². The van der Waals surface area contributed by atoms with Crippen LogP contribution in [0.1, 0.15) is 28.7 Å². The van der Waals surface area contributed by atoms with Gasteiger partial charge in [0.25, 0.3) is 0 Å². The molecule has 1 aliphatic carbocycles. The standard InChI is InChI=1S/C17H16O/c1-12-5-10-17-14(11-12)3-2-4-16(17)13-6-8-15(18)9-7-13/h4-11,18H,2-3H2,1H3. The van der Waals surface area contributed by atoms with E-state index in [1.807, 2.05) is 12.1 Å². The summed E-state index contributed by atoms with van der Waals surface area (Å²) in [6, 6.07) is 14.1. The molecule has 18 heavy (non-hydrogen) atoms. The molecule has 0 radical (unpaired) electrons. The zero-order valence-corrected chi connectivity index (χ0v) is 10.5. The Hall–Kier alpha value is -2.02. The molecule has 1 nitrogen and oxygen atoms in total. The van der Waals surface area contributed by atoms with Gasteiger partial charge in [0.05, 0.1) is 0 Å². The van der Waals surface area contributed by atoms with Gasteiger partial charge in [0.2, 0.25) is 0 Å². The average molecular weight is 236 g/mol. The molecule has 2 aromatic rings. The molecule has 1 heteroatoms. The second-order valence-corrected chi connectivity index (χ2v) is 4.86. The normalized spacial score (nSPS) is 13.9. The first kappa shape index (κ1) is 11.1. The van der Waals surface area contributed by atoms with E-state index in [0.717, 1.165) is 12.8 Å². The topological polar surface area (TPSA) is 20.2 Å². The maximum Gasteiger partial charge on any atom is 0.115 e. The van der Waals surface area contributed by atoms with Gasteiger partial charge in [-0.1, -0.05) is 42.0 Å². The summed E-state index contributed by atoms with van der Waals surface area (Å²) in [4.78, 5) is 0. The van der Waals surface area contributed by atoms with Crippen LogP contribution in [0.5, 0.6) is 5.75 Å². The molecule has 0 saturated carbocycles. The summed E-state index contributed by atoms with van der Waals surface area (Å²) in [5.74, 6) is 0.319. The Morgan fingerprint density at radius 2 is 1.78 bits per heavy atom. The maximum absolute atomic E-state index is 9.37. The molecule has 1 N–H and O–H groups in total. The van der Waals surface area contributed by atoms with Crippen LogP contribution >= 0.6 is 0 Å². The van der Waals surface area contributed by atoms with E-state index in [9.17, 15) is 5.11 Å². The molecule has 0 unspecified atom stereocenters. The Balaban J connectivity index is 2.09. The minimum Gasteiger partial charge on any atom is -0.508 e. The molecule has 2 aromatic carbocycles. The summed E-state index contributed by atoms with van der Waals surface area (Å²) < 4.78 is 0. The number of allylic oxidation sites excluding steroid dienone is 1. The highest BCUT2D eigenvalue weighted by Gasteiger charge is 2.13. The zero-order valence-electron chi connectivity index (χ0n) is 10.5. The molecule has 0 aromatic heterocycles. The Morgan fingerprint density at radius 1 is 1.00 bits per heavy atom.